The molecule has 61 heavy (non-hydrogen) atoms. The third-order valence-electron chi connectivity index (χ3n) is 9.77. The molecule has 320 valence electrons. The van der Waals surface area contributed by atoms with Gasteiger partial charge in [0.1, 0.15) is 11.2 Å². The standard InChI is InChI=1S/C25H29N3O2.C17H22N2O2.C8H8BrN/c1-17-6-9-22-20(14-17)21-16-27(24(29)30-25(3,4)5)12-11-23(21)28(22)13-10-19-8-7-18(2)26-15-19;1-11-5-6-14-12(9-11)13-10-19(8-7-15(13)18-14)16(20)21-17(2,3)4;1-7-2-3-8(4-5-9)6-10-7/h6-10,13-15H,11-12,16H2,1-5H3;5-6,9,18H,7-8,10H2,1-4H3;2-6H,1H3/i2D3,10D,13D;;1D3,4D,5D. The number of nitrogens with one attached hydrogen (secondary N) is 1. The summed E-state index contributed by atoms with van der Waals surface area (Å²) in [6, 6.07) is 17.9. The minimum Gasteiger partial charge on any atom is -0.444 e. The molecule has 0 saturated heterocycles. The summed E-state index contributed by atoms with van der Waals surface area (Å²) >= 11 is 2.85. The number of carbonyl (C=O) groups is 2. The Bertz CT molecular complexity index is 3000. The summed E-state index contributed by atoms with van der Waals surface area (Å²) in [5.41, 5.74) is 8.17. The molecule has 1 N–H and O–H groups in total. The van der Waals surface area contributed by atoms with Crippen molar-refractivity contribution >= 4 is 68.2 Å². The molecule has 0 unspecified atom stereocenters. The number of fused-ring (bicyclic) bond motifs is 6. The monoisotopic (exact) mass is 896 g/mol. The van der Waals surface area contributed by atoms with Gasteiger partial charge in [-0.2, -0.15) is 0 Å². The summed E-state index contributed by atoms with van der Waals surface area (Å²) in [5, 5.41) is 2.15. The van der Waals surface area contributed by atoms with E-state index in [0.717, 1.165) is 39.7 Å². The molecule has 8 rings (SSSR count). The Morgan fingerprint density at radius 2 is 1.31 bits per heavy atom. The first kappa shape index (κ1) is 33.0. The van der Waals surface area contributed by atoms with Crippen LogP contribution >= 0.6 is 15.9 Å². The number of aryl methyl sites for hydroxylation is 4. The van der Waals surface area contributed by atoms with Gasteiger partial charge in [-0.05, 0) is 134 Å². The van der Waals surface area contributed by atoms with E-state index in [1.54, 1.807) is 14.4 Å². The average Bonchev–Trinajstić information content (AvgIpc) is 3.81. The molecular weight excluding hydrogens is 828 g/mol. The Morgan fingerprint density at radius 3 is 1.87 bits per heavy atom. The Morgan fingerprint density at radius 1 is 0.754 bits per heavy atom. The second-order valence-corrected chi connectivity index (χ2v) is 17.4. The van der Waals surface area contributed by atoms with Crippen molar-refractivity contribution in [1.82, 2.24) is 29.3 Å². The van der Waals surface area contributed by atoms with Crippen LogP contribution in [0.25, 0.3) is 40.1 Å². The molecular formula is C50H59BrN6O4. The van der Waals surface area contributed by atoms with Crippen molar-refractivity contribution in [1.29, 1.82) is 0 Å². The number of hydrogen-bond acceptors (Lipinski definition) is 6. The largest absolute Gasteiger partial charge is 0.444 e. The zero-order valence-electron chi connectivity index (χ0n) is 45.9. The Hall–Kier alpha value is -5.68. The molecule has 2 amide bonds. The molecule has 0 fully saturated rings. The van der Waals surface area contributed by atoms with E-state index in [2.05, 4.69) is 56.0 Å². The summed E-state index contributed by atoms with van der Waals surface area (Å²) < 4.78 is 88.8. The van der Waals surface area contributed by atoms with Crippen LogP contribution in [0.3, 0.4) is 0 Å². The van der Waals surface area contributed by atoms with Gasteiger partial charge in [0.15, 0.2) is 0 Å². The normalized spacial score (nSPS) is 17.5. The number of nitrogens with zero attached hydrogens (tertiary/aromatic N) is 5. The maximum Gasteiger partial charge on any atom is 0.410 e. The topological polar surface area (TPSA) is 106 Å². The van der Waals surface area contributed by atoms with Gasteiger partial charge in [0, 0.05) is 103 Å². The molecule has 4 aromatic heterocycles. The lowest BCUT2D eigenvalue weighted by atomic mass is 10.0. The second-order valence-electron chi connectivity index (χ2n) is 17.0. The van der Waals surface area contributed by atoms with Gasteiger partial charge in [-0.1, -0.05) is 51.3 Å². The highest BCUT2D eigenvalue weighted by atomic mass is 79.9. The lowest BCUT2D eigenvalue weighted by molar-refractivity contribution is 0.0214. The van der Waals surface area contributed by atoms with Crippen molar-refractivity contribution in [3.63, 3.8) is 0 Å². The third kappa shape index (κ3) is 11.8. The number of rotatable bonds is 3. The van der Waals surface area contributed by atoms with E-state index in [1.165, 1.54) is 58.9 Å². The third-order valence-corrected chi connectivity index (χ3v) is 9.97. The van der Waals surface area contributed by atoms with Gasteiger partial charge in [0.05, 0.1) is 24.1 Å². The van der Waals surface area contributed by atoms with E-state index in [4.69, 9.17) is 23.2 Å². The van der Waals surface area contributed by atoms with Crippen LogP contribution in [0.15, 0.2) is 78.0 Å². The van der Waals surface area contributed by atoms with Crippen molar-refractivity contribution in [3.05, 3.63) is 134 Å². The number of aromatic amines is 1. The highest BCUT2D eigenvalue weighted by molar-refractivity contribution is 9.11. The fourth-order valence-electron chi connectivity index (χ4n) is 7.00. The first-order valence-corrected chi connectivity index (χ1v) is 20.8. The molecule has 2 aliphatic heterocycles. The minimum absolute atomic E-state index is 0.0137. The molecule has 11 heteroatoms. The molecule has 0 radical (unpaired) electrons. The number of H-pyrrole nitrogens is 1. The van der Waals surface area contributed by atoms with Crippen LogP contribution < -0.4 is 0 Å². The van der Waals surface area contributed by atoms with E-state index in [9.17, 15) is 9.59 Å². The number of hydrogen-bond donors (Lipinski definition) is 1. The maximum absolute atomic E-state index is 12.7. The smallest absolute Gasteiger partial charge is 0.410 e. The van der Waals surface area contributed by atoms with Crippen LogP contribution in [-0.2, 0) is 35.4 Å². The highest BCUT2D eigenvalue weighted by Crippen LogP contribution is 2.33. The molecule has 0 bridgehead atoms. The number of ether oxygens (including phenoxy) is 2. The van der Waals surface area contributed by atoms with Crippen LogP contribution in [0.4, 0.5) is 9.59 Å². The highest BCUT2D eigenvalue weighted by Gasteiger charge is 2.30. The first-order valence-electron chi connectivity index (χ1n) is 25.0. The van der Waals surface area contributed by atoms with Crippen molar-refractivity contribution in [3.8, 4) is 0 Å². The number of aromatic nitrogens is 4. The summed E-state index contributed by atoms with van der Waals surface area (Å²) in [7, 11) is 0. The van der Waals surface area contributed by atoms with Gasteiger partial charge in [0.2, 0.25) is 0 Å². The van der Waals surface area contributed by atoms with Gasteiger partial charge in [-0.25, -0.2) is 9.59 Å². The van der Waals surface area contributed by atoms with Crippen molar-refractivity contribution in [2.45, 2.75) is 106 Å². The molecule has 6 aromatic rings. The van der Waals surface area contributed by atoms with E-state index >= 15 is 0 Å². The molecule has 2 aromatic carbocycles. The summed E-state index contributed by atoms with van der Waals surface area (Å²) in [6.07, 6.45) is 3.32. The van der Waals surface area contributed by atoms with Crippen LogP contribution in [0.2, 0.25) is 0 Å². The van der Waals surface area contributed by atoms with Gasteiger partial charge < -0.3 is 28.8 Å². The van der Waals surface area contributed by atoms with Crippen molar-refractivity contribution in [2.24, 2.45) is 0 Å². The molecule has 0 atom stereocenters. The summed E-state index contributed by atoms with van der Waals surface area (Å²) in [4.78, 5) is 39.6. The molecule has 0 saturated carbocycles. The molecule has 2 aliphatic rings. The molecule has 10 nitrogen and oxygen atoms in total. The Labute approximate surface area is 382 Å². The lowest BCUT2D eigenvalue weighted by Crippen LogP contribution is -2.40. The average molecular weight is 898 g/mol. The van der Waals surface area contributed by atoms with Crippen LogP contribution in [-0.4, -0.2) is 65.8 Å². The number of pyridine rings is 2. The van der Waals surface area contributed by atoms with Crippen LogP contribution in [0.5, 0.6) is 0 Å². The van der Waals surface area contributed by atoms with Crippen LogP contribution in [0, 0.1) is 27.6 Å². The second kappa shape index (κ2) is 18.9. The van der Waals surface area contributed by atoms with Gasteiger partial charge in [-0.3, -0.25) is 9.97 Å². The SMILES string of the molecule is Cc1ccc2[nH]c3c(c2c1)CN(C(=O)OC(C)(C)C)CC3.[2H]C(=C([2H])n1c2c(c3cc(C)ccc31)CN(C(=O)OC(C)(C)C)CC2)c1ccc(C([2H])([2H])[2H])nc1.[2H]C(Br)=C([2H])c1ccc(C([2H])([2H])[2H])nc1. The zero-order valence-corrected chi connectivity index (χ0v) is 37.5. The maximum atomic E-state index is 12.7. The predicted molar refractivity (Wildman–Crippen MR) is 252 cm³/mol. The predicted octanol–water partition coefficient (Wildman–Crippen LogP) is 12.1. The van der Waals surface area contributed by atoms with Gasteiger partial charge in [-0.15, -0.1) is 0 Å². The fourth-order valence-corrected chi connectivity index (χ4v) is 7.23. The van der Waals surface area contributed by atoms with E-state index in [0.29, 0.717) is 43.7 Å². The van der Waals surface area contributed by atoms with Crippen molar-refractivity contribution in [2.75, 3.05) is 13.1 Å². The summed E-state index contributed by atoms with van der Waals surface area (Å²) in [6.45, 7) is 12.8. The van der Waals surface area contributed by atoms with E-state index in [1.807, 2.05) is 66.7 Å². The van der Waals surface area contributed by atoms with E-state index in [-0.39, 0.29) is 46.8 Å². The fraction of sp³-hybridized carbons (Fsp3) is 0.360. The van der Waals surface area contributed by atoms with E-state index < -0.39 is 24.9 Å². The first-order chi connectivity index (χ1) is 32.9. The summed E-state index contributed by atoms with van der Waals surface area (Å²) in [5.74, 6) is 0. The van der Waals surface area contributed by atoms with Crippen LogP contribution in [0.1, 0.15) is 111 Å². The quantitative estimate of drug-likeness (QED) is 0.190. The lowest BCUT2D eigenvalue weighted by Gasteiger charge is -2.30. The zero-order chi connectivity index (χ0) is 52.5. The number of halogens is 1. The minimum atomic E-state index is -2.33. The molecule has 0 aliphatic carbocycles. The molecule has 6 heterocycles. The number of benzene rings is 2. The number of amides is 2. The molecule has 0 spiro atoms. The van der Waals surface area contributed by atoms with Gasteiger partial charge in [0.25, 0.3) is 0 Å². The number of carbonyl (C=O) groups excluding carboxylic acids is 2. The Balaban J connectivity index is 0.000000194. The van der Waals surface area contributed by atoms with Gasteiger partial charge >= 0.3 is 12.2 Å². The van der Waals surface area contributed by atoms with Crippen molar-refractivity contribution < 1.29 is 32.8 Å². The Kier molecular flexibility index (Phi) is 10.2.